The maximum atomic E-state index is 6.34. The van der Waals surface area contributed by atoms with E-state index in [9.17, 15) is 0 Å². The minimum atomic E-state index is -1.97. The van der Waals surface area contributed by atoms with E-state index in [4.69, 9.17) is 8.85 Å². The summed E-state index contributed by atoms with van der Waals surface area (Å²) in [5, 5.41) is 0. The van der Waals surface area contributed by atoms with Gasteiger partial charge >= 0.3 is 8.56 Å². The van der Waals surface area contributed by atoms with Gasteiger partial charge in [-0.3, -0.25) is 0 Å². The molecule has 0 aromatic heterocycles. The van der Waals surface area contributed by atoms with Crippen LogP contribution >= 0.6 is 0 Å². The Balaban J connectivity index is 3.68. The van der Waals surface area contributed by atoms with Crippen LogP contribution in [0.5, 0.6) is 0 Å². The molecular weight excluding hydrogens is 432 g/mol. The summed E-state index contributed by atoms with van der Waals surface area (Å²) in [7, 11) is -1.97. The van der Waals surface area contributed by atoms with Crippen molar-refractivity contribution < 1.29 is 8.85 Å². The maximum Gasteiger partial charge on any atom is 0.338 e. The monoisotopic (exact) mass is 498 g/mol. The van der Waals surface area contributed by atoms with Gasteiger partial charge in [0.05, 0.1) is 0 Å². The first-order chi connectivity index (χ1) is 16.7. The topological polar surface area (TPSA) is 18.5 Å². The first-order valence-corrected chi connectivity index (χ1v) is 18.3. The first kappa shape index (κ1) is 34.1. The number of hydrogen-bond acceptors (Lipinski definition) is 2. The lowest BCUT2D eigenvalue weighted by molar-refractivity contribution is 0.180. The number of unbranched alkanes of at least 4 members (excludes halogenated alkanes) is 21. The Bertz CT molecular complexity index is 368. The highest BCUT2D eigenvalue weighted by atomic mass is 28.4. The second kappa shape index (κ2) is 27.7. The maximum absolute atomic E-state index is 6.34. The minimum absolute atomic E-state index is 0.820. The summed E-state index contributed by atoms with van der Waals surface area (Å²) in [6, 6.07) is 2.42. The highest BCUT2D eigenvalue weighted by Crippen LogP contribution is 2.26. The molecule has 0 fully saturated rings. The molecule has 3 heteroatoms. The highest BCUT2D eigenvalue weighted by Gasteiger charge is 2.35. The minimum Gasteiger partial charge on any atom is -0.394 e. The summed E-state index contributed by atoms with van der Waals surface area (Å²) in [6.45, 7) is 10.5. The zero-order chi connectivity index (χ0) is 25.0. The SMILES string of the molecule is CCCCCCCCCCCCCCCCCCC[Si](CCCCCCCC)(OCC)OCC. The van der Waals surface area contributed by atoms with Crippen LogP contribution in [-0.4, -0.2) is 21.8 Å². The van der Waals surface area contributed by atoms with Gasteiger partial charge < -0.3 is 8.85 Å². The molecule has 206 valence electrons. The largest absolute Gasteiger partial charge is 0.394 e. The average Bonchev–Trinajstić information content (AvgIpc) is 2.83. The molecule has 0 unspecified atom stereocenters. The Morgan fingerprint density at radius 2 is 0.559 bits per heavy atom. The van der Waals surface area contributed by atoms with Crippen molar-refractivity contribution in [1.82, 2.24) is 0 Å². The summed E-state index contributed by atoms with van der Waals surface area (Å²) in [6.07, 6.45) is 32.5. The van der Waals surface area contributed by atoms with Gasteiger partial charge in [-0.25, -0.2) is 0 Å². The quantitative estimate of drug-likeness (QED) is 0.0753. The highest BCUT2D eigenvalue weighted by molar-refractivity contribution is 6.67. The molecule has 0 radical (unpaired) electrons. The molecule has 0 N–H and O–H groups in total. The van der Waals surface area contributed by atoms with E-state index in [0.29, 0.717) is 0 Å². The van der Waals surface area contributed by atoms with Gasteiger partial charge in [-0.05, 0) is 25.9 Å². The molecule has 34 heavy (non-hydrogen) atoms. The summed E-state index contributed by atoms with van der Waals surface area (Å²) in [5.74, 6) is 0. The standard InChI is InChI=1S/C31H66O2Si/c1-5-9-11-13-15-16-17-18-19-20-21-22-23-24-25-27-29-31-34(32-7-3,33-8-4)30-28-26-14-12-10-6-2/h5-31H2,1-4H3. The summed E-state index contributed by atoms with van der Waals surface area (Å²) in [5.41, 5.74) is 0. The van der Waals surface area contributed by atoms with E-state index in [-0.39, 0.29) is 0 Å². The zero-order valence-electron chi connectivity index (χ0n) is 24.4. The normalized spacial score (nSPS) is 12.0. The smallest absolute Gasteiger partial charge is 0.338 e. The fourth-order valence-corrected chi connectivity index (χ4v) is 8.82. The van der Waals surface area contributed by atoms with Gasteiger partial charge in [-0.1, -0.05) is 162 Å². The van der Waals surface area contributed by atoms with Crippen LogP contribution in [0.2, 0.25) is 12.1 Å². The van der Waals surface area contributed by atoms with Crippen molar-refractivity contribution in [3.63, 3.8) is 0 Å². The van der Waals surface area contributed by atoms with Crippen LogP contribution in [-0.2, 0) is 8.85 Å². The molecule has 0 aliphatic rings. The van der Waals surface area contributed by atoms with E-state index in [0.717, 1.165) is 13.2 Å². The first-order valence-electron chi connectivity index (χ1n) is 16.0. The van der Waals surface area contributed by atoms with E-state index < -0.39 is 8.56 Å². The summed E-state index contributed by atoms with van der Waals surface area (Å²) >= 11 is 0. The molecule has 0 saturated carbocycles. The Morgan fingerprint density at radius 1 is 0.324 bits per heavy atom. The molecule has 0 atom stereocenters. The molecule has 0 aromatic carbocycles. The molecule has 0 rings (SSSR count). The number of hydrogen-bond donors (Lipinski definition) is 0. The van der Waals surface area contributed by atoms with Gasteiger partial charge in [-0.15, -0.1) is 0 Å². The van der Waals surface area contributed by atoms with Crippen LogP contribution in [0.4, 0.5) is 0 Å². The average molecular weight is 499 g/mol. The van der Waals surface area contributed by atoms with E-state index in [1.54, 1.807) is 0 Å². The molecule has 0 heterocycles. The van der Waals surface area contributed by atoms with E-state index >= 15 is 0 Å². The van der Waals surface area contributed by atoms with Crippen LogP contribution in [0.1, 0.15) is 175 Å². The zero-order valence-corrected chi connectivity index (χ0v) is 25.4. The van der Waals surface area contributed by atoms with Crippen molar-refractivity contribution in [3.05, 3.63) is 0 Å². The lowest BCUT2D eigenvalue weighted by Crippen LogP contribution is -2.42. The van der Waals surface area contributed by atoms with Crippen LogP contribution < -0.4 is 0 Å². The van der Waals surface area contributed by atoms with Crippen LogP contribution in [0.15, 0.2) is 0 Å². The van der Waals surface area contributed by atoms with Crippen molar-refractivity contribution in [3.8, 4) is 0 Å². The molecular formula is C31H66O2Si. The van der Waals surface area contributed by atoms with Crippen molar-refractivity contribution in [2.45, 2.75) is 187 Å². The van der Waals surface area contributed by atoms with Gasteiger partial charge in [0.25, 0.3) is 0 Å². The third kappa shape index (κ3) is 22.6. The number of rotatable bonds is 29. The van der Waals surface area contributed by atoms with Crippen LogP contribution in [0, 0.1) is 0 Å². The Morgan fingerprint density at radius 3 is 0.794 bits per heavy atom. The third-order valence-corrected chi connectivity index (χ3v) is 11.2. The molecule has 0 amide bonds. The third-order valence-electron chi connectivity index (χ3n) is 7.39. The molecule has 0 saturated heterocycles. The second-order valence-corrected chi connectivity index (χ2v) is 14.1. The Hall–Kier alpha value is 0.137. The molecule has 0 spiro atoms. The lowest BCUT2D eigenvalue weighted by Gasteiger charge is -2.30. The fourth-order valence-electron chi connectivity index (χ4n) is 5.28. The molecule has 0 bridgehead atoms. The second-order valence-electron chi connectivity index (χ2n) is 10.7. The van der Waals surface area contributed by atoms with E-state index in [1.165, 1.54) is 160 Å². The Kier molecular flexibility index (Phi) is 27.8. The van der Waals surface area contributed by atoms with Gasteiger partial charge in [0.2, 0.25) is 0 Å². The molecule has 0 aliphatic carbocycles. The predicted molar refractivity (Wildman–Crippen MR) is 156 cm³/mol. The van der Waals surface area contributed by atoms with Crippen molar-refractivity contribution in [2.75, 3.05) is 13.2 Å². The predicted octanol–water partition coefficient (Wildman–Crippen LogP) is 11.5. The van der Waals surface area contributed by atoms with Gasteiger partial charge in [0.15, 0.2) is 0 Å². The summed E-state index contributed by atoms with van der Waals surface area (Å²) in [4.78, 5) is 0. The Labute approximate surface area is 218 Å². The molecule has 2 nitrogen and oxygen atoms in total. The van der Waals surface area contributed by atoms with Gasteiger partial charge in [-0.2, -0.15) is 0 Å². The van der Waals surface area contributed by atoms with E-state index in [1.807, 2.05) is 0 Å². The van der Waals surface area contributed by atoms with Crippen molar-refractivity contribution >= 4 is 8.56 Å². The molecule has 0 aromatic rings. The van der Waals surface area contributed by atoms with E-state index in [2.05, 4.69) is 27.7 Å². The fraction of sp³-hybridized carbons (Fsp3) is 1.00. The van der Waals surface area contributed by atoms with Gasteiger partial charge in [0, 0.05) is 13.2 Å². The van der Waals surface area contributed by atoms with Crippen LogP contribution in [0.3, 0.4) is 0 Å². The summed E-state index contributed by atoms with van der Waals surface area (Å²) < 4.78 is 12.7. The molecule has 0 aliphatic heterocycles. The van der Waals surface area contributed by atoms with Crippen molar-refractivity contribution in [1.29, 1.82) is 0 Å². The van der Waals surface area contributed by atoms with Crippen molar-refractivity contribution in [2.24, 2.45) is 0 Å². The van der Waals surface area contributed by atoms with Gasteiger partial charge in [0.1, 0.15) is 0 Å². The van der Waals surface area contributed by atoms with Crippen LogP contribution in [0.25, 0.3) is 0 Å². The lowest BCUT2D eigenvalue weighted by atomic mass is 10.0.